The Morgan fingerprint density at radius 3 is 3.00 bits per heavy atom. The number of fused-ring (bicyclic) bond motifs is 1. The Labute approximate surface area is 82.7 Å². The van der Waals surface area contributed by atoms with Crippen LogP contribution in [0.1, 0.15) is 0 Å². The summed E-state index contributed by atoms with van der Waals surface area (Å²) in [4.78, 5) is 2.98. The number of nitrogens with zero attached hydrogens (tertiary/aromatic N) is 1. The van der Waals surface area contributed by atoms with Crippen LogP contribution in [-0.2, 0) is 0 Å². The van der Waals surface area contributed by atoms with Gasteiger partial charge in [-0.05, 0) is 21.5 Å². The molecule has 2 heterocycles. The number of nitrogens with one attached hydrogen (secondary N) is 1. The summed E-state index contributed by atoms with van der Waals surface area (Å²) in [5.74, 6) is 0. The molecule has 0 aliphatic rings. The normalized spacial score (nSPS) is 10.8. The van der Waals surface area contributed by atoms with Crippen molar-refractivity contribution in [3.05, 3.63) is 23.0 Å². The van der Waals surface area contributed by atoms with Gasteiger partial charge in [-0.2, -0.15) is 0 Å². The van der Waals surface area contributed by atoms with Crippen LogP contribution in [0.5, 0.6) is 0 Å². The molecule has 2 nitrogen and oxygen atoms in total. The molecule has 0 radical (unpaired) electrons. The second kappa shape index (κ2) is 2.87. The Bertz CT molecular complexity index is 486. The molecular formula is C7H7N2PS2. The van der Waals surface area contributed by atoms with Gasteiger partial charge in [0, 0.05) is 11.6 Å². The lowest BCUT2D eigenvalue weighted by Gasteiger charge is -1.95. The van der Waals surface area contributed by atoms with Crippen molar-refractivity contribution in [1.29, 1.82) is 0 Å². The predicted octanol–water partition coefficient (Wildman–Crippen LogP) is 2.63. The number of rotatable bonds is 0. The SMILES string of the molecule is Pn1c(S)cc2cc(=S)[nH]cc21. The van der Waals surface area contributed by atoms with Gasteiger partial charge in [-0.1, -0.05) is 12.2 Å². The van der Waals surface area contributed by atoms with E-state index in [1.165, 1.54) is 0 Å². The van der Waals surface area contributed by atoms with E-state index in [-0.39, 0.29) is 0 Å². The first kappa shape index (κ1) is 8.30. The summed E-state index contributed by atoms with van der Waals surface area (Å²) in [5.41, 5.74) is 1.08. The minimum absolute atomic E-state index is 0.742. The molecule has 0 saturated carbocycles. The Morgan fingerprint density at radius 1 is 1.50 bits per heavy atom. The largest absolute Gasteiger partial charge is 0.351 e. The van der Waals surface area contributed by atoms with Crippen molar-refractivity contribution >= 4 is 45.1 Å². The zero-order valence-corrected chi connectivity index (χ0v) is 8.98. The number of thiol groups is 1. The third-order valence-corrected chi connectivity index (χ3v) is 3.08. The van der Waals surface area contributed by atoms with Crippen molar-refractivity contribution in [3.8, 4) is 0 Å². The summed E-state index contributed by atoms with van der Waals surface area (Å²) in [5, 5.41) is 2.02. The van der Waals surface area contributed by atoms with E-state index in [9.17, 15) is 0 Å². The van der Waals surface area contributed by atoms with Crippen LogP contribution in [0.3, 0.4) is 0 Å². The number of hydrogen-bond donors (Lipinski definition) is 2. The highest BCUT2D eigenvalue weighted by atomic mass is 32.1. The van der Waals surface area contributed by atoms with Crippen molar-refractivity contribution in [2.75, 3.05) is 0 Å². The topological polar surface area (TPSA) is 20.7 Å². The Morgan fingerprint density at radius 2 is 2.25 bits per heavy atom. The third kappa shape index (κ3) is 1.20. The van der Waals surface area contributed by atoms with Crippen LogP contribution in [0.25, 0.3) is 10.9 Å². The lowest BCUT2D eigenvalue weighted by atomic mass is 10.3. The highest BCUT2D eigenvalue weighted by Crippen LogP contribution is 2.23. The second-order valence-corrected chi connectivity index (χ2v) is 3.92. The monoisotopic (exact) mass is 214 g/mol. The molecule has 62 valence electrons. The van der Waals surface area contributed by atoms with Gasteiger partial charge in [-0.25, -0.2) is 0 Å². The molecule has 0 saturated heterocycles. The average Bonchev–Trinajstić information content (AvgIpc) is 2.28. The molecule has 2 aromatic heterocycles. The molecule has 0 aliphatic heterocycles. The van der Waals surface area contributed by atoms with Gasteiger partial charge in [0.2, 0.25) is 0 Å². The molecule has 0 fully saturated rings. The molecule has 0 aliphatic carbocycles. The number of aromatic nitrogens is 2. The summed E-state index contributed by atoms with van der Waals surface area (Å²) in [6.07, 6.45) is 1.88. The summed E-state index contributed by atoms with van der Waals surface area (Å²) >= 11 is 9.28. The molecule has 12 heavy (non-hydrogen) atoms. The fourth-order valence-corrected chi connectivity index (χ4v) is 1.87. The highest BCUT2D eigenvalue weighted by molar-refractivity contribution is 7.80. The maximum atomic E-state index is 5.00. The van der Waals surface area contributed by atoms with E-state index in [1.807, 2.05) is 22.7 Å². The van der Waals surface area contributed by atoms with Crippen LogP contribution in [-0.4, -0.2) is 9.32 Å². The van der Waals surface area contributed by atoms with Crippen LogP contribution in [0.4, 0.5) is 0 Å². The van der Waals surface area contributed by atoms with E-state index in [0.29, 0.717) is 0 Å². The second-order valence-electron chi connectivity index (χ2n) is 2.51. The molecule has 2 aromatic rings. The maximum absolute atomic E-state index is 5.00. The van der Waals surface area contributed by atoms with Crippen molar-refractivity contribution < 1.29 is 0 Å². The van der Waals surface area contributed by atoms with E-state index >= 15 is 0 Å². The van der Waals surface area contributed by atoms with Gasteiger partial charge >= 0.3 is 0 Å². The number of hydrogen-bond acceptors (Lipinski definition) is 2. The molecule has 0 bridgehead atoms. The van der Waals surface area contributed by atoms with Crippen molar-refractivity contribution in [3.63, 3.8) is 0 Å². The molecular weight excluding hydrogens is 207 g/mol. The van der Waals surface area contributed by atoms with Crippen LogP contribution >= 0.6 is 34.2 Å². The zero-order chi connectivity index (χ0) is 8.72. The predicted molar refractivity (Wildman–Crippen MR) is 59.5 cm³/mol. The molecule has 0 amide bonds. The van der Waals surface area contributed by atoms with Gasteiger partial charge in [-0.15, -0.1) is 12.6 Å². The van der Waals surface area contributed by atoms with E-state index in [4.69, 9.17) is 12.2 Å². The average molecular weight is 214 g/mol. The van der Waals surface area contributed by atoms with Crippen molar-refractivity contribution in [1.82, 2.24) is 9.32 Å². The van der Waals surface area contributed by atoms with Gasteiger partial charge in [0.15, 0.2) is 0 Å². The molecule has 2 rings (SSSR count). The van der Waals surface area contributed by atoms with Gasteiger partial charge in [-0.3, -0.25) is 0 Å². The molecule has 0 aromatic carbocycles. The summed E-state index contributed by atoms with van der Waals surface area (Å²) < 4.78 is 2.66. The van der Waals surface area contributed by atoms with Crippen molar-refractivity contribution in [2.24, 2.45) is 0 Å². The van der Waals surface area contributed by atoms with Crippen LogP contribution < -0.4 is 0 Å². The van der Waals surface area contributed by atoms with Gasteiger partial charge in [0.05, 0.1) is 10.5 Å². The molecule has 1 unspecified atom stereocenters. The van der Waals surface area contributed by atoms with Crippen molar-refractivity contribution in [2.45, 2.75) is 5.03 Å². The van der Waals surface area contributed by atoms with E-state index in [1.54, 1.807) is 0 Å². The lowest BCUT2D eigenvalue weighted by molar-refractivity contribution is 1.15. The quantitative estimate of drug-likeness (QED) is 0.392. The van der Waals surface area contributed by atoms with Crippen LogP contribution in [0.2, 0.25) is 0 Å². The lowest BCUT2D eigenvalue weighted by Crippen LogP contribution is -1.79. The van der Waals surface area contributed by atoms with Crippen LogP contribution in [0, 0.1) is 4.64 Å². The van der Waals surface area contributed by atoms with Gasteiger partial charge in [0.1, 0.15) is 4.64 Å². The van der Waals surface area contributed by atoms with Crippen LogP contribution in [0.15, 0.2) is 23.4 Å². The summed E-state index contributed by atoms with van der Waals surface area (Å²) in [7, 11) is 2.59. The highest BCUT2D eigenvalue weighted by Gasteiger charge is 2.00. The molecule has 5 heteroatoms. The number of pyridine rings is 1. The zero-order valence-electron chi connectivity index (χ0n) is 6.11. The van der Waals surface area contributed by atoms with Gasteiger partial charge < -0.3 is 9.32 Å². The summed E-state index contributed by atoms with van der Waals surface area (Å²) in [6, 6.07) is 3.90. The van der Waals surface area contributed by atoms with Gasteiger partial charge in [0.25, 0.3) is 0 Å². The molecule has 0 spiro atoms. The fraction of sp³-hybridized carbons (Fsp3) is 0. The van der Waals surface area contributed by atoms with E-state index < -0.39 is 0 Å². The third-order valence-electron chi connectivity index (χ3n) is 1.72. The number of H-pyrrole nitrogens is 1. The Hall–Kier alpha value is -0.310. The minimum Gasteiger partial charge on any atom is -0.351 e. The molecule has 1 atom stereocenters. The Balaban J connectivity index is 2.96. The minimum atomic E-state index is 0.742. The molecule has 1 N–H and O–H groups in total. The van der Waals surface area contributed by atoms with E-state index in [0.717, 1.165) is 20.6 Å². The summed E-state index contributed by atoms with van der Waals surface area (Å²) in [6.45, 7) is 0. The van der Waals surface area contributed by atoms with E-state index in [2.05, 4.69) is 27.0 Å². The first-order valence-corrected chi connectivity index (χ1v) is 4.74. The standard InChI is InChI=1S/C7H7N2PS2/c10-9-5-3-8-6(11)1-4(5)2-7(9)12/h1-3,12H,10H2,(H,8,11). The fourth-order valence-electron chi connectivity index (χ4n) is 1.14. The first-order chi connectivity index (χ1) is 5.68. The first-order valence-electron chi connectivity index (χ1n) is 3.37. The Kier molecular flexibility index (Phi) is 1.99. The maximum Gasteiger partial charge on any atom is 0.103 e. The number of aromatic amines is 1. The smallest absolute Gasteiger partial charge is 0.103 e.